The average molecular weight is 1200 g/mol. The highest BCUT2D eigenvalue weighted by Crippen LogP contribution is 2.42. The molecule has 7 atom stereocenters. The van der Waals surface area contributed by atoms with Crippen molar-refractivity contribution < 1.29 is 87.2 Å². The number of nitrogens with one attached hydrogen (secondary N) is 4. The summed E-state index contributed by atoms with van der Waals surface area (Å²) in [5.74, 6) is 0.489. The Hall–Kier alpha value is -7.71. The van der Waals surface area contributed by atoms with Crippen LogP contribution in [-0.4, -0.2) is 158 Å². The minimum absolute atomic E-state index is 0.0246. The van der Waals surface area contributed by atoms with E-state index >= 15 is 8.78 Å². The number of halogens is 10. The summed E-state index contributed by atoms with van der Waals surface area (Å²) in [6.45, 7) is -1.62. The van der Waals surface area contributed by atoms with Crippen molar-refractivity contribution in [2.24, 2.45) is 21.6 Å². The number of rotatable bonds is 20. The number of aromatic nitrogens is 1. The van der Waals surface area contributed by atoms with Crippen LogP contribution in [0, 0.1) is 34.3 Å². The van der Waals surface area contributed by atoms with Crippen LogP contribution in [0.4, 0.5) is 59.3 Å². The number of alkyl halides is 8. The quantitative estimate of drug-likeness (QED) is 0.0241. The standard InChI is InChI=1S/C55H64F10N10O9/c1-52(2,54(60,61)62)44(70-50(80)82-5)46(77)69-40(20-31-12-9-30(10-13-31)11-14-32-15-18-43(67-24-32)73-26-35-16-17-36(27-73)75(35)48(79)42-8-7-19-84-42)41(76)29-74(72-47(78)45(71-51(81)83-6)53(3,4)55(63,64)65)28-37-38(56)21-33(22-39(37)57)34(23-66)25-68-49(58)59/h9-10,12-13,15,18,21-25,35-36,40-42,44-45,49,76H,7-8,16-17,19-20,26-29,66H2,1-6H3,(H,69,77)(H,70,80)(H,71,81)(H,72,78)/t35?,36?,40-,41-,42-,44+,45+/m0/s1. The zero-order chi connectivity index (χ0) is 62.1. The monoisotopic (exact) mass is 1200 g/mol. The molecule has 458 valence electrons. The summed E-state index contributed by atoms with van der Waals surface area (Å²) >= 11 is 0. The first kappa shape index (κ1) is 65.4. The number of ether oxygens (including phenoxy) is 3. The number of fused-ring (bicyclic) bond motifs is 2. The van der Waals surface area contributed by atoms with Crippen molar-refractivity contribution in [1.29, 1.82) is 0 Å². The Bertz CT molecular complexity index is 2930. The van der Waals surface area contributed by atoms with Gasteiger partial charge < -0.3 is 50.8 Å². The molecule has 3 aromatic rings. The Morgan fingerprint density at radius 3 is 1.87 bits per heavy atom. The molecule has 2 aromatic carbocycles. The lowest BCUT2D eigenvalue weighted by atomic mass is 9.82. The summed E-state index contributed by atoms with van der Waals surface area (Å²) in [4.78, 5) is 77.7. The SMILES string of the molecule is COC(=O)N[C@H](C(=O)N[C@@H](Cc1ccc(C#Cc2ccc(N3CC4CCC(C3)N4C(=O)[C@@H]3CCCO3)nc2)cc1)[C@@H](O)CN(Cc1c(F)cc(C(C=NC(F)F)=CN)cc1F)NC(=O)[C@@H](NC(=O)OC)C(C)(C)C(F)(F)F)C(C)(C)C(F)(F)F. The maximum absolute atomic E-state index is 16.0. The summed E-state index contributed by atoms with van der Waals surface area (Å²) in [6.07, 6.45) is -10.5. The lowest BCUT2D eigenvalue weighted by Gasteiger charge is -2.42. The number of allylic oxidation sites excluding steroid dienone is 1. The van der Waals surface area contributed by atoms with Gasteiger partial charge in [-0.15, -0.1) is 0 Å². The largest absolute Gasteiger partial charge is 0.453 e. The van der Waals surface area contributed by atoms with Crippen LogP contribution >= 0.6 is 0 Å². The lowest BCUT2D eigenvalue weighted by Crippen LogP contribution is -2.63. The number of methoxy groups -OCH3 is 2. The summed E-state index contributed by atoms with van der Waals surface area (Å²) in [5.41, 5.74) is 0.663. The van der Waals surface area contributed by atoms with E-state index < -0.39 is 132 Å². The number of aliphatic hydroxyl groups is 1. The van der Waals surface area contributed by atoms with Gasteiger partial charge >= 0.3 is 31.1 Å². The van der Waals surface area contributed by atoms with Crippen molar-refractivity contribution in [3.8, 4) is 11.8 Å². The van der Waals surface area contributed by atoms with Gasteiger partial charge in [-0.2, -0.15) is 35.1 Å². The Morgan fingerprint density at radius 1 is 0.833 bits per heavy atom. The van der Waals surface area contributed by atoms with Crippen LogP contribution in [0.1, 0.15) is 81.2 Å². The van der Waals surface area contributed by atoms with Gasteiger partial charge in [0, 0.05) is 85.7 Å². The molecule has 0 saturated carbocycles. The third-order valence-electron chi connectivity index (χ3n) is 14.9. The fourth-order valence-corrected chi connectivity index (χ4v) is 9.72. The van der Waals surface area contributed by atoms with Crippen molar-refractivity contribution >= 4 is 47.5 Å². The number of pyridine rings is 1. The van der Waals surface area contributed by atoms with Gasteiger partial charge in [-0.1, -0.05) is 24.0 Å². The van der Waals surface area contributed by atoms with Gasteiger partial charge in [-0.3, -0.25) is 19.8 Å². The van der Waals surface area contributed by atoms with Gasteiger partial charge in [0.1, 0.15) is 35.6 Å². The molecule has 2 unspecified atom stereocenters. The van der Waals surface area contributed by atoms with Gasteiger partial charge in [0.25, 0.3) is 11.8 Å². The van der Waals surface area contributed by atoms with Crippen molar-refractivity contribution in [2.75, 3.05) is 45.4 Å². The Balaban J connectivity index is 1.31. The van der Waals surface area contributed by atoms with Crippen LogP contribution in [0.3, 0.4) is 0 Å². The highest BCUT2D eigenvalue weighted by atomic mass is 19.4. The first-order chi connectivity index (χ1) is 39.4. The van der Waals surface area contributed by atoms with Crippen molar-refractivity contribution in [3.63, 3.8) is 0 Å². The molecular formula is C55H64F10N10O9. The number of carbonyl (C=O) groups is 5. The number of amides is 5. The number of hydrogen-bond donors (Lipinski definition) is 6. The number of nitrogens with two attached hydrogens (primary N) is 1. The fraction of sp³-hybridized carbons (Fsp3) is 0.509. The number of benzene rings is 2. The number of carbonyl (C=O) groups excluding carboxylic acids is 5. The number of hydrogen-bond acceptors (Lipinski definition) is 14. The average Bonchev–Trinajstić information content (AvgIpc) is 2.29. The van der Waals surface area contributed by atoms with Gasteiger partial charge in [0.15, 0.2) is 0 Å². The molecule has 19 nitrogen and oxygen atoms in total. The molecule has 6 rings (SSSR count). The molecule has 0 aliphatic carbocycles. The smallest absolute Gasteiger partial charge is 0.407 e. The van der Waals surface area contributed by atoms with Crippen molar-refractivity contribution in [2.45, 2.75) is 128 Å². The molecule has 3 aliphatic heterocycles. The van der Waals surface area contributed by atoms with Gasteiger partial charge in [0.05, 0.1) is 37.2 Å². The van der Waals surface area contributed by atoms with E-state index in [-0.39, 0.29) is 23.6 Å². The zero-order valence-electron chi connectivity index (χ0n) is 46.3. The molecule has 1 aromatic heterocycles. The second kappa shape index (κ2) is 27.3. The lowest BCUT2D eigenvalue weighted by molar-refractivity contribution is -0.221. The summed E-state index contributed by atoms with van der Waals surface area (Å²) in [6, 6.07) is 3.91. The molecule has 0 spiro atoms. The predicted octanol–water partition coefficient (Wildman–Crippen LogP) is 6.26. The first-order valence-corrected chi connectivity index (χ1v) is 26.2. The topological polar surface area (TPSA) is 242 Å². The second-order valence-electron chi connectivity index (χ2n) is 21.3. The van der Waals surface area contributed by atoms with Crippen LogP contribution in [0.25, 0.3) is 5.57 Å². The third kappa shape index (κ3) is 15.9. The van der Waals surface area contributed by atoms with E-state index in [1.165, 1.54) is 24.3 Å². The number of hydrazine groups is 1. The molecule has 0 radical (unpaired) electrons. The molecule has 3 saturated heterocycles. The maximum Gasteiger partial charge on any atom is 0.407 e. The number of aliphatic imine (C=N–C) groups is 1. The first-order valence-electron chi connectivity index (χ1n) is 26.2. The third-order valence-corrected chi connectivity index (χ3v) is 14.9. The molecule has 84 heavy (non-hydrogen) atoms. The van der Waals surface area contributed by atoms with E-state index in [1.807, 2.05) is 21.7 Å². The van der Waals surface area contributed by atoms with Crippen LogP contribution in [0.15, 0.2) is 65.9 Å². The number of aliphatic hydroxyl groups excluding tert-OH is 1. The van der Waals surface area contributed by atoms with E-state index in [4.69, 9.17) is 10.5 Å². The minimum Gasteiger partial charge on any atom is -0.453 e. The molecule has 5 amide bonds. The van der Waals surface area contributed by atoms with E-state index in [0.29, 0.717) is 100 Å². The van der Waals surface area contributed by atoms with Crippen LogP contribution in [0.2, 0.25) is 0 Å². The van der Waals surface area contributed by atoms with Gasteiger partial charge in [-0.25, -0.2) is 33.4 Å². The van der Waals surface area contributed by atoms with Crippen LogP contribution in [-0.2, 0) is 41.6 Å². The number of anilines is 1. The minimum atomic E-state index is -5.25. The molecule has 7 N–H and O–H groups in total. The normalized spacial score (nSPS) is 19.1. The second-order valence-corrected chi connectivity index (χ2v) is 21.3. The number of alkyl carbamates (subject to hydrolysis) is 2. The predicted molar refractivity (Wildman–Crippen MR) is 283 cm³/mol. The van der Waals surface area contributed by atoms with E-state index in [2.05, 4.69) is 41.5 Å². The highest BCUT2D eigenvalue weighted by Gasteiger charge is 2.57. The Morgan fingerprint density at radius 2 is 1.38 bits per heavy atom. The van der Waals surface area contributed by atoms with E-state index in [9.17, 15) is 64.2 Å². The molecule has 3 fully saturated rings. The Kier molecular flexibility index (Phi) is 21.3. The molecule has 4 heterocycles. The Labute approximate surface area is 476 Å². The number of piperazine rings is 1. The van der Waals surface area contributed by atoms with Crippen molar-refractivity contribution in [3.05, 3.63) is 100 Å². The van der Waals surface area contributed by atoms with Gasteiger partial charge in [0.2, 0.25) is 5.91 Å². The van der Waals surface area contributed by atoms with E-state index in [1.54, 1.807) is 17.6 Å². The van der Waals surface area contributed by atoms with Crippen LogP contribution < -0.4 is 32.0 Å². The molecular weight excluding hydrogens is 1130 g/mol. The molecule has 3 aliphatic rings. The highest BCUT2D eigenvalue weighted by molar-refractivity contribution is 6.09. The van der Waals surface area contributed by atoms with Gasteiger partial charge in [-0.05, 0) is 107 Å². The van der Waals surface area contributed by atoms with Crippen LogP contribution in [0.5, 0.6) is 0 Å². The number of nitrogens with zero attached hydrogens (tertiary/aromatic N) is 5. The maximum atomic E-state index is 16.0. The summed E-state index contributed by atoms with van der Waals surface area (Å²) < 4.78 is 160. The zero-order valence-corrected chi connectivity index (χ0v) is 46.3. The van der Waals surface area contributed by atoms with E-state index in [0.717, 1.165) is 33.5 Å². The van der Waals surface area contributed by atoms with Crippen molar-refractivity contribution in [1.82, 2.24) is 36.3 Å². The molecule has 29 heteroatoms. The molecule has 2 bridgehead atoms. The fourth-order valence-electron chi connectivity index (χ4n) is 9.72. The summed E-state index contributed by atoms with van der Waals surface area (Å²) in [7, 11) is 1.58. The summed E-state index contributed by atoms with van der Waals surface area (Å²) in [5, 5.41) is 18.4.